The van der Waals surface area contributed by atoms with E-state index in [-0.39, 0.29) is 42.6 Å². The van der Waals surface area contributed by atoms with E-state index < -0.39 is 24.3 Å². The first kappa shape index (κ1) is 37.5. The third kappa shape index (κ3) is 10.00. The van der Waals surface area contributed by atoms with Gasteiger partial charge in [0.15, 0.2) is 12.1 Å². The summed E-state index contributed by atoms with van der Waals surface area (Å²) in [6.45, 7) is 1.66. The summed E-state index contributed by atoms with van der Waals surface area (Å²) in [5.74, 6) is -0.701. The Kier molecular flexibility index (Phi) is 12.7. The summed E-state index contributed by atoms with van der Waals surface area (Å²) in [7, 11) is 0. The molecule has 0 aromatic heterocycles. The lowest BCUT2D eigenvalue weighted by Gasteiger charge is -2.43. The number of amides is 2. The molecule has 6 rings (SSSR count). The number of hydrogen-bond acceptors (Lipinski definition) is 7. The van der Waals surface area contributed by atoms with Crippen LogP contribution in [0.25, 0.3) is 0 Å². The van der Waals surface area contributed by atoms with Crippen LogP contribution in [0.4, 0.5) is 4.79 Å². The van der Waals surface area contributed by atoms with Crippen LogP contribution in [-0.4, -0.2) is 45.9 Å². The number of aliphatic hydroxyl groups excluding tert-OH is 1. The van der Waals surface area contributed by atoms with Crippen LogP contribution in [0.5, 0.6) is 0 Å². The predicted octanol–water partition coefficient (Wildman–Crippen LogP) is 7.61. The number of Topliss-reactive ketones (excluding diaryl/α,β-unsaturated/α-hetero) is 1. The number of carbonyl (C=O) groups is 3. The minimum absolute atomic E-state index is 0.0621. The molecule has 1 unspecified atom stereocenters. The van der Waals surface area contributed by atoms with Crippen molar-refractivity contribution in [1.82, 2.24) is 10.6 Å². The number of benzene rings is 5. The van der Waals surface area contributed by atoms with Gasteiger partial charge in [0.05, 0.1) is 30.4 Å². The number of ether oxygens (including phenoxy) is 2. The zero-order chi connectivity index (χ0) is 37.2. The fourth-order valence-electron chi connectivity index (χ4n) is 6.35. The summed E-state index contributed by atoms with van der Waals surface area (Å²) in [6.07, 6.45) is -0.998. The van der Waals surface area contributed by atoms with Gasteiger partial charge in [0, 0.05) is 28.7 Å². The maximum Gasteiger partial charge on any atom is 0.335 e. The summed E-state index contributed by atoms with van der Waals surface area (Å²) in [6, 6.07) is 40.9. The molecule has 5 aromatic rings. The zero-order valence-corrected chi connectivity index (χ0v) is 30.1. The van der Waals surface area contributed by atoms with Crippen LogP contribution < -0.4 is 10.6 Å². The molecule has 1 aliphatic heterocycles. The summed E-state index contributed by atoms with van der Waals surface area (Å²) in [5, 5.41) is 24.7. The fourth-order valence-corrected chi connectivity index (χ4v) is 7.33. The number of rotatable bonds is 14. The van der Waals surface area contributed by atoms with Gasteiger partial charge in [0.25, 0.3) is 0 Å². The third-order valence-electron chi connectivity index (χ3n) is 9.27. The molecule has 0 bridgehead atoms. The predicted molar refractivity (Wildman–Crippen MR) is 204 cm³/mol. The fraction of sp³-hybridized carbons (Fsp3) is 0.233. The van der Waals surface area contributed by atoms with E-state index in [0.29, 0.717) is 12.2 Å². The maximum atomic E-state index is 12.8. The first-order chi connectivity index (χ1) is 25.8. The molecule has 5 aromatic carbocycles. The maximum absolute atomic E-state index is 12.8. The van der Waals surface area contributed by atoms with E-state index in [0.717, 1.165) is 38.3 Å². The van der Waals surface area contributed by atoms with E-state index in [1.807, 2.05) is 109 Å². The second-order valence-electron chi connectivity index (χ2n) is 13.0. The average molecular weight is 731 g/mol. The molecule has 0 aliphatic carbocycles. The Morgan fingerprint density at radius 2 is 1.34 bits per heavy atom. The third-order valence-corrected chi connectivity index (χ3v) is 10.4. The molecular formula is C43H42N2O7S. The number of carbonyl (C=O) groups excluding carboxylic acids is 2. The topological polar surface area (TPSA) is 134 Å². The molecule has 10 heteroatoms. The van der Waals surface area contributed by atoms with Gasteiger partial charge < -0.3 is 30.3 Å². The Morgan fingerprint density at radius 3 is 1.96 bits per heavy atom. The monoisotopic (exact) mass is 730 g/mol. The molecular weight excluding hydrogens is 689 g/mol. The number of carboxylic acid groups (broad SMARTS) is 1. The molecule has 0 spiro atoms. The molecule has 9 nitrogen and oxygen atoms in total. The van der Waals surface area contributed by atoms with Gasteiger partial charge in [0.1, 0.15) is 0 Å². The molecule has 4 N–H and O–H groups in total. The second-order valence-corrected chi connectivity index (χ2v) is 14.1. The molecule has 1 aliphatic rings. The standard InChI is InChI=1S/C43H42N2O7S/c1-28(47)37(24-29-8-4-2-5-9-29)45-43(50)44-25-30-12-18-35(19-13-30)42-51-38(27-53-36-22-20-34(21-23-36)41(48)49)39(32-10-6-3-7-11-32)40(52-42)33-16-14-31(26-46)15-17-33/h2-23,37-40,42,46H,24-27H2,1H3,(H,48,49)(H2,44,45,50)/t37-,38-,39-,40+,42?/m1/s1. The number of ketones is 1. The number of aliphatic hydroxyl groups is 1. The smallest absolute Gasteiger partial charge is 0.335 e. The van der Waals surface area contributed by atoms with E-state index in [9.17, 15) is 24.6 Å². The van der Waals surface area contributed by atoms with Crippen molar-refractivity contribution in [2.75, 3.05) is 5.75 Å². The van der Waals surface area contributed by atoms with Crippen LogP contribution in [0.2, 0.25) is 0 Å². The summed E-state index contributed by atoms with van der Waals surface area (Å²) >= 11 is 1.59. The van der Waals surface area contributed by atoms with Gasteiger partial charge in [-0.25, -0.2) is 9.59 Å². The Hall–Kier alpha value is -5.26. The van der Waals surface area contributed by atoms with Gasteiger partial charge in [-0.05, 0) is 65.4 Å². The summed E-state index contributed by atoms with van der Waals surface area (Å²) in [5.41, 5.74) is 5.67. The van der Waals surface area contributed by atoms with Crippen LogP contribution in [-0.2, 0) is 33.8 Å². The van der Waals surface area contributed by atoms with Crippen molar-refractivity contribution in [3.8, 4) is 0 Å². The van der Waals surface area contributed by atoms with Crippen molar-refractivity contribution >= 4 is 29.5 Å². The lowest BCUT2D eigenvalue weighted by molar-refractivity contribution is -0.255. The summed E-state index contributed by atoms with van der Waals surface area (Å²) in [4.78, 5) is 37.4. The Morgan fingerprint density at radius 1 is 0.717 bits per heavy atom. The lowest BCUT2D eigenvalue weighted by atomic mass is 9.84. The highest BCUT2D eigenvalue weighted by Gasteiger charge is 2.42. The SMILES string of the molecule is CC(=O)[C@@H](Cc1ccccc1)NC(=O)NCc1ccc(C2O[C@H](CSc3ccc(C(=O)O)cc3)[C@@H](c3ccccc3)[C@H](c3ccc(CO)cc3)O2)cc1. The highest BCUT2D eigenvalue weighted by molar-refractivity contribution is 7.99. The van der Waals surface area contributed by atoms with Gasteiger partial charge in [-0.2, -0.15) is 0 Å². The molecule has 5 atom stereocenters. The van der Waals surface area contributed by atoms with Crippen molar-refractivity contribution in [1.29, 1.82) is 0 Å². The Balaban J connectivity index is 1.19. The number of aromatic carboxylic acids is 1. The van der Waals surface area contributed by atoms with Crippen LogP contribution in [0.1, 0.15) is 69.0 Å². The van der Waals surface area contributed by atoms with Crippen molar-refractivity contribution in [2.24, 2.45) is 0 Å². The number of carboxylic acids is 1. The van der Waals surface area contributed by atoms with E-state index >= 15 is 0 Å². The lowest BCUT2D eigenvalue weighted by Crippen LogP contribution is -2.46. The molecule has 53 heavy (non-hydrogen) atoms. The van der Waals surface area contributed by atoms with Crippen LogP contribution >= 0.6 is 11.8 Å². The molecule has 2 amide bonds. The van der Waals surface area contributed by atoms with Crippen LogP contribution in [0.15, 0.2) is 138 Å². The van der Waals surface area contributed by atoms with Gasteiger partial charge in [-0.3, -0.25) is 4.79 Å². The second kappa shape index (κ2) is 18.0. The highest BCUT2D eigenvalue weighted by atomic mass is 32.2. The quantitative estimate of drug-likeness (QED) is 0.0859. The van der Waals surface area contributed by atoms with E-state index in [1.165, 1.54) is 6.92 Å². The number of thioether (sulfide) groups is 1. The Labute approximate surface area is 313 Å². The molecule has 1 fully saturated rings. The minimum atomic E-state index is -0.970. The van der Waals surface area contributed by atoms with E-state index in [1.54, 1.807) is 23.9 Å². The van der Waals surface area contributed by atoms with Crippen molar-refractivity contribution in [2.45, 2.75) is 61.8 Å². The Bertz CT molecular complexity index is 1960. The van der Waals surface area contributed by atoms with Crippen molar-refractivity contribution in [3.05, 3.63) is 172 Å². The highest BCUT2D eigenvalue weighted by Crippen LogP contribution is 2.48. The van der Waals surface area contributed by atoms with E-state index in [4.69, 9.17) is 9.47 Å². The van der Waals surface area contributed by atoms with Crippen molar-refractivity contribution in [3.63, 3.8) is 0 Å². The van der Waals surface area contributed by atoms with Gasteiger partial charge >= 0.3 is 12.0 Å². The van der Waals surface area contributed by atoms with Gasteiger partial charge in [0.2, 0.25) is 0 Å². The first-order valence-corrected chi connectivity index (χ1v) is 18.4. The summed E-state index contributed by atoms with van der Waals surface area (Å²) < 4.78 is 13.6. The van der Waals surface area contributed by atoms with Crippen molar-refractivity contribution < 1.29 is 34.1 Å². The largest absolute Gasteiger partial charge is 0.478 e. The minimum Gasteiger partial charge on any atom is -0.478 e. The van der Waals surface area contributed by atoms with E-state index in [2.05, 4.69) is 22.8 Å². The number of nitrogens with one attached hydrogen (secondary N) is 2. The number of hydrogen-bond donors (Lipinski definition) is 4. The number of urea groups is 1. The zero-order valence-electron chi connectivity index (χ0n) is 29.3. The first-order valence-electron chi connectivity index (χ1n) is 17.5. The van der Waals surface area contributed by atoms with Crippen LogP contribution in [0.3, 0.4) is 0 Å². The normalized spacial score (nSPS) is 18.8. The van der Waals surface area contributed by atoms with Crippen LogP contribution in [0, 0.1) is 0 Å². The average Bonchev–Trinajstić information content (AvgIpc) is 3.19. The van der Waals surface area contributed by atoms with Gasteiger partial charge in [-0.15, -0.1) is 11.8 Å². The molecule has 272 valence electrons. The van der Waals surface area contributed by atoms with Gasteiger partial charge in [-0.1, -0.05) is 109 Å². The molecule has 0 radical (unpaired) electrons. The molecule has 1 saturated heterocycles. The molecule has 0 saturated carbocycles. The molecule has 1 heterocycles.